The summed E-state index contributed by atoms with van der Waals surface area (Å²) < 4.78 is 28.1. The maximum atomic E-state index is 12.8. The summed E-state index contributed by atoms with van der Waals surface area (Å²) >= 11 is 0. The van der Waals surface area contributed by atoms with Gasteiger partial charge in [-0.15, -0.1) is 0 Å². The van der Waals surface area contributed by atoms with Gasteiger partial charge in [-0.25, -0.2) is 8.42 Å². The highest BCUT2D eigenvalue weighted by Crippen LogP contribution is 2.22. The summed E-state index contributed by atoms with van der Waals surface area (Å²) in [4.78, 5) is 12.7. The van der Waals surface area contributed by atoms with E-state index in [4.69, 9.17) is 0 Å². The van der Waals surface area contributed by atoms with Crippen molar-refractivity contribution in [2.45, 2.75) is 18.7 Å². The molecule has 1 amide bonds. The van der Waals surface area contributed by atoms with Crippen LogP contribution >= 0.6 is 0 Å². The molecule has 0 radical (unpaired) electrons. The van der Waals surface area contributed by atoms with Gasteiger partial charge in [-0.05, 0) is 55.3 Å². The van der Waals surface area contributed by atoms with Crippen molar-refractivity contribution in [3.8, 4) is 0 Å². The standard InChI is InChI=1S/C21H20N2O3S/c1-15-8-6-7-11-19(15)22-21(24)17-13-12-16(2)20(14-17)27(25,26)23-18-9-4-3-5-10-18/h3-14,23H,1-2H3,(H,22,24). The fourth-order valence-electron chi connectivity index (χ4n) is 2.65. The number of nitrogens with one attached hydrogen (secondary N) is 2. The molecule has 5 nitrogen and oxygen atoms in total. The van der Waals surface area contributed by atoms with Gasteiger partial charge in [-0.2, -0.15) is 0 Å². The molecule has 0 aliphatic heterocycles. The zero-order valence-corrected chi connectivity index (χ0v) is 15.9. The molecule has 0 aromatic heterocycles. The number of para-hydroxylation sites is 2. The lowest BCUT2D eigenvalue weighted by Crippen LogP contribution is -2.17. The molecule has 0 saturated carbocycles. The van der Waals surface area contributed by atoms with E-state index in [9.17, 15) is 13.2 Å². The van der Waals surface area contributed by atoms with E-state index >= 15 is 0 Å². The average molecular weight is 380 g/mol. The molecule has 3 rings (SSSR count). The minimum Gasteiger partial charge on any atom is -0.322 e. The number of hydrogen-bond acceptors (Lipinski definition) is 3. The van der Waals surface area contributed by atoms with E-state index in [0.29, 0.717) is 16.9 Å². The maximum Gasteiger partial charge on any atom is 0.262 e. The van der Waals surface area contributed by atoms with Crippen LogP contribution in [0, 0.1) is 13.8 Å². The highest BCUT2D eigenvalue weighted by molar-refractivity contribution is 7.92. The Balaban J connectivity index is 1.90. The fourth-order valence-corrected chi connectivity index (χ4v) is 3.99. The molecule has 0 fully saturated rings. The van der Waals surface area contributed by atoms with Crippen LogP contribution in [-0.4, -0.2) is 14.3 Å². The molecule has 0 atom stereocenters. The van der Waals surface area contributed by atoms with Gasteiger partial charge in [0.05, 0.1) is 4.90 Å². The molecular weight excluding hydrogens is 360 g/mol. The van der Waals surface area contributed by atoms with Crippen LogP contribution < -0.4 is 10.0 Å². The van der Waals surface area contributed by atoms with Crippen molar-refractivity contribution in [1.82, 2.24) is 0 Å². The molecule has 27 heavy (non-hydrogen) atoms. The van der Waals surface area contributed by atoms with Gasteiger partial charge in [0.25, 0.3) is 15.9 Å². The number of carbonyl (C=O) groups is 1. The molecule has 3 aromatic carbocycles. The van der Waals surface area contributed by atoms with Crippen LogP contribution in [0.15, 0.2) is 77.7 Å². The quantitative estimate of drug-likeness (QED) is 0.691. The molecule has 0 aliphatic carbocycles. The predicted octanol–water partition coefficient (Wildman–Crippen LogP) is 4.36. The molecule has 0 spiro atoms. The Hall–Kier alpha value is -3.12. The largest absolute Gasteiger partial charge is 0.322 e. The second kappa shape index (κ2) is 7.63. The normalized spacial score (nSPS) is 11.0. The summed E-state index contributed by atoms with van der Waals surface area (Å²) in [5.74, 6) is -0.361. The van der Waals surface area contributed by atoms with Gasteiger partial charge in [0.15, 0.2) is 0 Å². The van der Waals surface area contributed by atoms with Gasteiger partial charge in [-0.3, -0.25) is 9.52 Å². The number of carbonyl (C=O) groups excluding carboxylic acids is 1. The molecule has 2 N–H and O–H groups in total. The first-order valence-corrected chi connectivity index (χ1v) is 9.90. The highest BCUT2D eigenvalue weighted by atomic mass is 32.2. The Labute approximate surface area is 159 Å². The van der Waals surface area contributed by atoms with Crippen LogP contribution in [0.5, 0.6) is 0 Å². The maximum absolute atomic E-state index is 12.8. The van der Waals surface area contributed by atoms with Crippen LogP contribution in [0.25, 0.3) is 0 Å². The second-order valence-electron chi connectivity index (χ2n) is 6.22. The third-order valence-corrected chi connectivity index (χ3v) is 5.68. The first kappa shape index (κ1) is 18.7. The van der Waals surface area contributed by atoms with E-state index in [-0.39, 0.29) is 16.4 Å². The zero-order valence-electron chi connectivity index (χ0n) is 15.1. The van der Waals surface area contributed by atoms with E-state index in [1.54, 1.807) is 55.5 Å². The van der Waals surface area contributed by atoms with Crippen LogP contribution in [0.4, 0.5) is 11.4 Å². The van der Waals surface area contributed by atoms with E-state index in [1.807, 2.05) is 25.1 Å². The number of sulfonamides is 1. The van der Waals surface area contributed by atoms with Crippen molar-refractivity contribution in [1.29, 1.82) is 0 Å². The first-order chi connectivity index (χ1) is 12.9. The lowest BCUT2D eigenvalue weighted by atomic mass is 10.1. The molecule has 138 valence electrons. The van der Waals surface area contributed by atoms with Crippen LogP contribution in [0.3, 0.4) is 0 Å². The van der Waals surface area contributed by atoms with Gasteiger partial charge in [0, 0.05) is 16.9 Å². The van der Waals surface area contributed by atoms with Crippen molar-refractivity contribution in [2.75, 3.05) is 10.0 Å². The number of aryl methyl sites for hydroxylation is 2. The summed E-state index contributed by atoms with van der Waals surface area (Å²) in [6.45, 7) is 3.59. The van der Waals surface area contributed by atoms with Gasteiger partial charge in [0.1, 0.15) is 0 Å². The van der Waals surface area contributed by atoms with Gasteiger partial charge >= 0.3 is 0 Å². The molecule has 0 bridgehead atoms. The summed E-state index contributed by atoms with van der Waals surface area (Å²) in [6.07, 6.45) is 0. The molecule has 0 aliphatic rings. The van der Waals surface area contributed by atoms with E-state index < -0.39 is 10.0 Å². The number of amides is 1. The summed E-state index contributed by atoms with van der Waals surface area (Å²) in [7, 11) is -3.81. The minimum absolute atomic E-state index is 0.0730. The number of hydrogen-bond donors (Lipinski definition) is 2. The third-order valence-electron chi connectivity index (χ3n) is 4.16. The molecule has 0 heterocycles. The van der Waals surface area contributed by atoms with Crippen molar-refractivity contribution in [3.63, 3.8) is 0 Å². The smallest absolute Gasteiger partial charge is 0.262 e. The molecule has 0 unspecified atom stereocenters. The SMILES string of the molecule is Cc1ccccc1NC(=O)c1ccc(C)c(S(=O)(=O)Nc2ccccc2)c1. The van der Waals surface area contributed by atoms with Gasteiger partial charge in [-0.1, -0.05) is 42.5 Å². The van der Waals surface area contributed by atoms with E-state index in [0.717, 1.165) is 5.56 Å². The number of benzene rings is 3. The minimum atomic E-state index is -3.81. The molecule has 6 heteroatoms. The number of anilines is 2. The van der Waals surface area contributed by atoms with Crippen LogP contribution in [0.1, 0.15) is 21.5 Å². The van der Waals surface area contributed by atoms with Gasteiger partial charge in [0.2, 0.25) is 0 Å². The summed E-state index contributed by atoms with van der Waals surface area (Å²) in [5.41, 5.74) is 2.92. The van der Waals surface area contributed by atoms with Crippen LogP contribution in [0.2, 0.25) is 0 Å². The Kier molecular flexibility index (Phi) is 5.28. The number of rotatable bonds is 5. The van der Waals surface area contributed by atoms with Crippen molar-refractivity contribution >= 4 is 27.3 Å². The van der Waals surface area contributed by atoms with Crippen LogP contribution in [-0.2, 0) is 10.0 Å². The lowest BCUT2D eigenvalue weighted by molar-refractivity contribution is 0.102. The first-order valence-electron chi connectivity index (χ1n) is 8.42. The molecular formula is C21H20N2O3S. The monoisotopic (exact) mass is 380 g/mol. The Morgan fingerprint density at radius 2 is 1.48 bits per heavy atom. The average Bonchev–Trinajstić information content (AvgIpc) is 2.64. The van der Waals surface area contributed by atoms with Crippen molar-refractivity contribution in [3.05, 3.63) is 89.5 Å². The topological polar surface area (TPSA) is 75.3 Å². The van der Waals surface area contributed by atoms with E-state index in [2.05, 4.69) is 10.0 Å². The fraction of sp³-hybridized carbons (Fsp3) is 0.0952. The zero-order chi connectivity index (χ0) is 19.4. The molecule has 0 saturated heterocycles. The Bertz CT molecular complexity index is 1080. The lowest BCUT2D eigenvalue weighted by Gasteiger charge is -2.13. The van der Waals surface area contributed by atoms with Crippen molar-refractivity contribution < 1.29 is 13.2 Å². The summed E-state index contributed by atoms with van der Waals surface area (Å²) in [5, 5.41) is 2.82. The van der Waals surface area contributed by atoms with E-state index in [1.165, 1.54) is 6.07 Å². The third kappa shape index (κ3) is 4.35. The van der Waals surface area contributed by atoms with Gasteiger partial charge < -0.3 is 5.32 Å². The Morgan fingerprint density at radius 3 is 2.19 bits per heavy atom. The highest BCUT2D eigenvalue weighted by Gasteiger charge is 2.19. The Morgan fingerprint density at radius 1 is 0.815 bits per heavy atom. The second-order valence-corrected chi connectivity index (χ2v) is 7.87. The molecule has 3 aromatic rings. The van der Waals surface area contributed by atoms with Crippen molar-refractivity contribution in [2.24, 2.45) is 0 Å². The predicted molar refractivity (Wildman–Crippen MR) is 108 cm³/mol. The summed E-state index contributed by atoms with van der Waals surface area (Å²) in [6, 6.07) is 20.7.